The number of halogens is 1. The number of hydrogen-bond donors (Lipinski definition) is 1. The molecule has 30 heavy (non-hydrogen) atoms. The van der Waals surface area contributed by atoms with E-state index < -0.39 is 5.82 Å². The highest BCUT2D eigenvalue weighted by molar-refractivity contribution is 7.99. The molecule has 0 atom stereocenters. The average molecular weight is 420 g/mol. The van der Waals surface area contributed by atoms with Gasteiger partial charge in [-0.05, 0) is 24.3 Å². The first-order valence-corrected chi connectivity index (χ1v) is 10.1. The summed E-state index contributed by atoms with van der Waals surface area (Å²) in [5, 5.41) is 3.78. The number of ketones is 1. The predicted molar refractivity (Wildman–Crippen MR) is 114 cm³/mol. The molecule has 0 aliphatic carbocycles. The summed E-state index contributed by atoms with van der Waals surface area (Å²) in [4.78, 5) is 34.0. The Kier molecular flexibility index (Phi) is 5.58. The summed E-state index contributed by atoms with van der Waals surface area (Å²) < 4.78 is 15.4. The number of para-hydroxylation sites is 2. The summed E-state index contributed by atoms with van der Waals surface area (Å²) in [7, 11) is 1.76. The van der Waals surface area contributed by atoms with Crippen LogP contribution in [0.1, 0.15) is 16.2 Å². The lowest BCUT2D eigenvalue weighted by Crippen LogP contribution is -2.15. The van der Waals surface area contributed by atoms with Crippen LogP contribution in [0.5, 0.6) is 0 Å². The summed E-state index contributed by atoms with van der Waals surface area (Å²) in [6.07, 6.45) is 3.28. The van der Waals surface area contributed by atoms with E-state index in [9.17, 15) is 14.0 Å². The fraction of sp³-hybridized carbons (Fsp3) is 0.0909. The molecule has 2 heterocycles. The number of rotatable bonds is 6. The van der Waals surface area contributed by atoms with Gasteiger partial charge in [-0.1, -0.05) is 42.1 Å². The summed E-state index contributed by atoms with van der Waals surface area (Å²) in [6.45, 7) is 0. The third-order valence-corrected chi connectivity index (χ3v) is 5.37. The van der Waals surface area contributed by atoms with Gasteiger partial charge < -0.3 is 9.88 Å². The second-order valence-corrected chi connectivity index (χ2v) is 7.53. The Hall–Kier alpha value is -3.52. The van der Waals surface area contributed by atoms with Gasteiger partial charge in [0.15, 0.2) is 5.82 Å². The number of nitrogens with one attached hydrogen (secondary N) is 1. The van der Waals surface area contributed by atoms with Crippen LogP contribution in [0.3, 0.4) is 0 Å². The minimum absolute atomic E-state index is 0.0235. The molecule has 150 valence electrons. The van der Waals surface area contributed by atoms with Crippen molar-refractivity contribution < 1.29 is 14.0 Å². The molecule has 2 aromatic heterocycles. The van der Waals surface area contributed by atoms with Gasteiger partial charge in [0, 0.05) is 30.4 Å². The number of imidazole rings is 1. The molecular weight excluding hydrogens is 403 g/mol. The van der Waals surface area contributed by atoms with Crippen molar-refractivity contribution in [2.75, 3.05) is 11.1 Å². The molecule has 0 saturated carbocycles. The van der Waals surface area contributed by atoms with Crippen LogP contribution in [-0.4, -0.2) is 32.0 Å². The number of hydrogen-bond acceptors (Lipinski definition) is 5. The molecule has 0 aliphatic rings. The van der Waals surface area contributed by atoms with Crippen LogP contribution in [0.2, 0.25) is 0 Å². The van der Waals surface area contributed by atoms with Crippen LogP contribution < -0.4 is 5.32 Å². The first-order valence-electron chi connectivity index (χ1n) is 9.12. The van der Waals surface area contributed by atoms with E-state index in [1.807, 2.05) is 24.3 Å². The number of aryl methyl sites for hydroxylation is 1. The summed E-state index contributed by atoms with van der Waals surface area (Å²) in [5.41, 5.74) is 1.24. The molecule has 0 fully saturated rings. The number of carbonyl (C=O) groups is 2. The molecule has 6 nitrogen and oxygen atoms in total. The molecule has 0 saturated heterocycles. The molecule has 0 bridgehead atoms. The van der Waals surface area contributed by atoms with E-state index in [1.165, 1.54) is 23.9 Å². The molecule has 4 rings (SSSR count). The molecule has 1 amide bonds. The lowest BCUT2D eigenvalue weighted by atomic mass is 10.1. The molecule has 0 aliphatic heterocycles. The van der Waals surface area contributed by atoms with E-state index in [-0.39, 0.29) is 23.1 Å². The van der Waals surface area contributed by atoms with E-state index in [1.54, 1.807) is 42.2 Å². The van der Waals surface area contributed by atoms with Crippen molar-refractivity contribution in [1.29, 1.82) is 0 Å². The van der Waals surface area contributed by atoms with Gasteiger partial charge in [-0.15, -0.1) is 0 Å². The highest BCUT2D eigenvalue weighted by atomic mass is 32.2. The fourth-order valence-corrected chi connectivity index (χ4v) is 3.72. The molecule has 0 unspecified atom stereocenters. The smallest absolute Gasteiger partial charge is 0.234 e. The summed E-state index contributed by atoms with van der Waals surface area (Å²) in [6, 6.07) is 15.0. The zero-order chi connectivity index (χ0) is 21.1. The largest absolute Gasteiger partial charge is 0.331 e. The number of anilines is 1. The highest BCUT2D eigenvalue weighted by Gasteiger charge is 2.19. The third kappa shape index (κ3) is 4.08. The normalized spacial score (nSPS) is 10.9. The van der Waals surface area contributed by atoms with Crippen molar-refractivity contribution in [3.63, 3.8) is 0 Å². The number of fused-ring (bicyclic) bond motifs is 1. The van der Waals surface area contributed by atoms with Crippen LogP contribution in [0.15, 0.2) is 72.0 Å². The second-order valence-electron chi connectivity index (χ2n) is 6.53. The first kappa shape index (κ1) is 19.8. The van der Waals surface area contributed by atoms with Gasteiger partial charge in [-0.25, -0.2) is 14.4 Å². The van der Waals surface area contributed by atoms with Crippen molar-refractivity contribution in [2.24, 2.45) is 7.05 Å². The van der Waals surface area contributed by atoms with Gasteiger partial charge in [-0.2, -0.15) is 0 Å². The van der Waals surface area contributed by atoms with Crippen LogP contribution in [0.4, 0.5) is 10.1 Å². The van der Waals surface area contributed by atoms with E-state index in [0.717, 1.165) is 0 Å². The second kappa shape index (κ2) is 8.46. The van der Waals surface area contributed by atoms with Crippen LogP contribution in [0, 0.1) is 5.82 Å². The van der Waals surface area contributed by atoms with Crippen molar-refractivity contribution in [1.82, 2.24) is 14.5 Å². The highest BCUT2D eigenvalue weighted by Crippen LogP contribution is 2.26. The van der Waals surface area contributed by atoms with Crippen molar-refractivity contribution in [3.8, 4) is 0 Å². The molecule has 0 radical (unpaired) electrons. The van der Waals surface area contributed by atoms with Gasteiger partial charge in [0.05, 0.1) is 22.0 Å². The maximum Gasteiger partial charge on any atom is 0.234 e. The maximum absolute atomic E-state index is 13.7. The average Bonchev–Trinajstić information content (AvgIpc) is 3.18. The Morgan fingerprint density at radius 3 is 2.67 bits per heavy atom. The Balaban J connectivity index is 1.59. The Morgan fingerprint density at radius 2 is 1.90 bits per heavy atom. The minimum atomic E-state index is -0.498. The monoisotopic (exact) mass is 420 g/mol. The van der Waals surface area contributed by atoms with E-state index >= 15 is 0 Å². The molecule has 1 N–H and O–H groups in total. The SMILES string of the molecule is Cn1ccnc1C(=O)c1cc(SCC(=O)Nc2ccccc2F)nc2ccccc12. The lowest BCUT2D eigenvalue weighted by Gasteiger charge is -2.09. The lowest BCUT2D eigenvalue weighted by molar-refractivity contribution is -0.113. The van der Waals surface area contributed by atoms with Gasteiger partial charge >= 0.3 is 0 Å². The van der Waals surface area contributed by atoms with E-state index in [4.69, 9.17) is 0 Å². The Labute approximate surface area is 176 Å². The van der Waals surface area contributed by atoms with Gasteiger partial charge in [0.1, 0.15) is 5.82 Å². The maximum atomic E-state index is 13.7. The van der Waals surface area contributed by atoms with Gasteiger partial charge in [-0.3, -0.25) is 9.59 Å². The number of benzene rings is 2. The van der Waals surface area contributed by atoms with E-state index in [0.29, 0.717) is 27.3 Å². The standard InChI is InChI=1S/C22H17FN4O2S/c1-27-11-10-24-22(27)21(29)15-12-20(26-17-8-4-2-6-14(15)17)30-13-19(28)25-18-9-5-3-7-16(18)23/h2-12H,13H2,1H3,(H,25,28). The first-order chi connectivity index (χ1) is 14.5. The zero-order valence-corrected chi connectivity index (χ0v) is 16.8. The summed E-state index contributed by atoms with van der Waals surface area (Å²) >= 11 is 1.18. The van der Waals surface area contributed by atoms with Crippen molar-refractivity contribution in [3.05, 3.63) is 84.2 Å². The zero-order valence-electron chi connectivity index (χ0n) is 16.0. The Morgan fingerprint density at radius 1 is 1.13 bits per heavy atom. The van der Waals surface area contributed by atoms with Crippen molar-refractivity contribution in [2.45, 2.75) is 5.03 Å². The topological polar surface area (TPSA) is 76.9 Å². The third-order valence-electron chi connectivity index (χ3n) is 4.46. The van der Waals surface area contributed by atoms with Crippen LogP contribution in [0.25, 0.3) is 10.9 Å². The van der Waals surface area contributed by atoms with Gasteiger partial charge in [0.2, 0.25) is 11.7 Å². The van der Waals surface area contributed by atoms with Crippen LogP contribution in [-0.2, 0) is 11.8 Å². The number of aromatic nitrogens is 3. The molecular formula is C22H17FN4O2S. The Bertz CT molecular complexity index is 1250. The van der Waals surface area contributed by atoms with Crippen molar-refractivity contribution >= 4 is 40.0 Å². The molecule has 2 aromatic carbocycles. The predicted octanol–water partition coefficient (Wildman–Crippen LogP) is 4.07. The number of nitrogens with zero attached hydrogens (tertiary/aromatic N) is 3. The number of amides is 1. The van der Waals surface area contributed by atoms with Crippen LogP contribution >= 0.6 is 11.8 Å². The summed E-state index contributed by atoms with van der Waals surface area (Å²) in [5.74, 6) is -0.742. The molecule has 8 heteroatoms. The molecule has 0 spiro atoms. The fourth-order valence-electron chi connectivity index (χ4n) is 3.01. The minimum Gasteiger partial charge on any atom is -0.331 e. The number of carbonyl (C=O) groups excluding carboxylic acids is 2. The molecule has 4 aromatic rings. The quantitative estimate of drug-likeness (QED) is 0.376. The van der Waals surface area contributed by atoms with Gasteiger partial charge in [0.25, 0.3) is 0 Å². The number of pyridine rings is 1. The van der Waals surface area contributed by atoms with E-state index in [2.05, 4.69) is 15.3 Å². The number of thioether (sulfide) groups is 1.